The molecule has 0 spiro atoms. The Morgan fingerprint density at radius 2 is 1.42 bits per heavy atom. The molecule has 0 saturated heterocycles. The van der Waals surface area contributed by atoms with Crippen LogP contribution in [0, 0.1) is 0 Å². The summed E-state index contributed by atoms with van der Waals surface area (Å²) < 4.78 is 35.2. The third-order valence-electron chi connectivity index (χ3n) is 0.983. The molecule has 0 N–H and O–H groups in total. The predicted octanol–water partition coefficient (Wildman–Crippen LogP) is 4.29. The number of alkyl halides is 8. The van der Waals surface area contributed by atoms with Crippen LogP contribution in [-0.4, -0.2) is 20.2 Å². The van der Waals surface area contributed by atoms with Gasteiger partial charge in [-0.15, -0.1) is 11.6 Å². The van der Waals surface area contributed by atoms with Crippen LogP contribution in [-0.2, 0) is 0 Å². The van der Waals surface area contributed by atoms with E-state index in [0.29, 0.717) is 0 Å². The summed E-state index contributed by atoms with van der Waals surface area (Å²) in [6.45, 7) is 0. The van der Waals surface area contributed by atoms with Crippen molar-refractivity contribution in [1.82, 2.24) is 0 Å². The first kappa shape index (κ1) is 13.4. The zero-order chi connectivity index (χ0) is 10.2. The van der Waals surface area contributed by atoms with Crippen LogP contribution < -0.4 is 0 Å². The Bertz CT molecular complexity index is 166. The van der Waals surface area contributed by atoms with Crippen LogP contribution in [0.3, 0.4) is 0 Å². The van der Waals surface area contributed by atoms with Crippen LogP contribution in [0.5, 0.6) is 0 Å². The van der Waals surface area contributed by atoms with E-state index < -0.39 is 20.2 Å². The minimum Gasteiger partial charge on any atom is -0.215 e. The van der Waals surface area contributed by atoms with Crippen molar-refractivity contribution < 1.29 is 13.2 Å². The number of hydrogen-bond acceptors (Lipinski definition) is 0. The minimum atomic E-state index is -4.06. The average Bonchev–Trinajstić information content (AvgIpc) is 1.85. The van der Waals surface area contributed by atoms with Gasteiger partial charge in [-0.2, -0.15) is 8.78 Å². The second-order valence-corrected chi connectivity index (χ2v) is 5.18. The van der Waals surface area contributed by atoms with Gasteiger partial charge in [-0.3, -0.25) is 0 Å². The summed E-state index contributed by atoms with van der Waals surface area (Å²) in [5.74, 6) is -0.767. The second kappa shape index (κ2) is 3.89. The number of halogens is 8. The van der Waals surface area contributed by atoms with E-state index in [0.717, 1.165) is 0 Å². The number of hydrogen-bond donors (Lipinski definition) is 0. The van der Waals surface area contributed by atoms with Gasteiger partial charge in [0.05, 0.1) is 5.88 Å². The maximum absolute atomic E-state index is 13.0. The van der Waals surface area contributed by atoms with E-state index in [1.54, 1.807) is 15.9 Å². The highest BCUT2D eigenvalue weighted by Crippen LogP contribution is 2.53. The topological polar surface area (TPSA) is 0 Å². The van der Waals surface area contributed by atoms with Gasteiger partial charge in [-0.25, -0.2) is 4.39 Å². The van der Waals surface area contributed by atoms with E-state index >= 15 is 0 Å². The molecule has 0 radical (unpaired) electrons. The summed E-state index contributed by atoms with van der Waals surface area (Å²) in [6.07, 6.45) is 0. The van der Waals surface area contributed by atoms with Crippen molar-refractivity contribution in [3.8, 4) is 0 Å². The van der Waals surface area contributed by atoms with Gasteiger partial charge in [0, 0.05) is 0 Å². The molecule has 0 aliphatic carbocycles. The molecule has 0 saturated carbocycles. The Labute approximate surface area is 95.4 Å². The molecule has 0 bridgehead atoms. The second-order valence-electron chi connectivity index (χ2n) is 1.91. The van der Waals surface area contributed by atoms with Gasteiger partial charge >= 0.3 is 4.83 Å². The van der Waals surface area contributed by atoms with Gasteiger partial charge in [-0.05, 0) is 15.9 Å². The predicted molar refractivity (Wildman–Crippen MR) is 48.7 cm³/mol. The van der Waals surface area contributed by atoms with Crippen LogP contribution in [0.4, 0.5) is 13.2 Å². The lowest BCUT2D eigenvalue weighted by Gasteiger charge is -2.32. The van der Waals surface area contributed by atoms with Crippen molar-refractivity contribution in [3.63, 3.8) is 0 Å². The smallest absolute Gasteiger partial charge is 0.215 e. The maximum atomic E-state index is 13.0. The van der Waals surface area contributed by atoms with Crippen LogP contribution in [0.15, 0.2) is 0 Å². The standard InChI is InChI=1S/C4H2BrCl4F3/c5-4(11,12)3(9,10)2(7,8)1-6/h1H2. The molecule has 0 heterocycles. The highest BCUT2D eigenvalue weighted by Gasteiger charge is 2.64. The Balaban J connectivity index is 4.85. The van der Waals surface area contributed by atoms with Crippen LogP contribution >= 0.6 is 62.3 Å². The molecule has 8 heteroatoms. The molecule has 74 valence electrons. The SMILES string of the molecule is FC(F)(Br)C(F)(Cl)C(Cl)(Cl)CCl. The van der Waals surface area contributed by atoms with Gasteiger partial charge in [0.25, 0.3) is 5.13 Å². The Hall–Kier alpha value is 1.43. The van der Waals surface area contributed by atoms with E-state index in [-0.39, 0.29) is 0 Å². The Kier molecular flexibility index (Phi) is 4.35. The molecule has 0 nitrogen and oxygen atoms in total. The van der Waals surface area contributed by atoms with Crippen molar-refractivity contribution >= 4 is 62.3 Å². The lowest BCUT2D eigenvalue weighted by molar-refractivity contribution is -0.0108. The summed E-state index contributed by atoms with van der Waals surface area (Å²) in [6, 6.07) is 0. The van der Waals surface area contributed by atoms with E-state index in [1.807, 2.05) is 0 Å². The minimum absolute atomic E-state index is 0.767. The van der Waals surface area contributed by atoms with Gasteiger partial charge < -0.3 is 0 Å². The average molecular weight is 329 g/mol. The summed E-state index contributed by atoms with van der Waals surface area (Å²) in [5, 5.41) is -3.66. The third kappa shape index (κ3) is 2.47. The molecule has 1 atom stereocenters. The quantitative estimate of drug-likeness (QED) is 0.678. The van der Waals surface area contributed by atoms with Crippen molar-refractivity contribution in [2.75, 3.05) is 5.88 Å². The Morgan fingerprint density at radius 1 is 1.08 bits per heavy atom. The van der Waals surface area contributed by atoms with Gasteiger partial charge in [0.1, 0.15) is 0 Å². The summed E-state index contributed by atoms with van der Waals surface area (Å²) in [4.78, 5) is -4.06. The van der Waals surface area contributed by atoms with Crippen LogP contribution in [0.25, 0.3) is 0 Å². The summed E-state index contributed by atoms with van der Waals surface area (Å²) in [7, 11) is 0. The molecule has 0 fully saturated rings. The lowest BCUT2D eigenvalue weighted by atomic mass is 10.3. The summed E-state index contributed by atoms with van der Waals surface area (Å²) >= 11 is 21.8. The first-order valence-corrected chi connectivity index (χ1v) is 4.91. The third-order valence-corrected chi connectivity index (χ3v) is 3.97. The molecular weight excluding hydrogens is 327 g/mol. The molecular formula is C4H2BrCl4F3. The molecule has 0 aliphatic rings. The van der Waals surface area contributed by atoms with Gasteiger partial charge in [0.2, 0.25) is 0 Å². The fraction of sp³-hybridized carbons (Fsp3) is 1.00. The normalized spacial score (nSPS) is 19.0. The molecule has 0 aliphatic heterocycles. The van der Waals surface area contributed by atoms with Crippen LogP contribution in [0.1, 0.15) is 0 Å². The monoisotopic (exact) mass is 326 g/mol. The first-order valence-electron chi connectivity index (χ1n) is 2.44. The molecule has 0 aromatic carbocycles. The van der Waals surface area contributed by atoms with Crippen molar-refractivity contribution in [2.45, 2.75) is 14.3 Å². The van der Waals surface area contributed by atoms with E-state index in [9.17, 15) is 13.2 Å². The zero-order valence-electron chi connectivity index (χ0n) is 5.23. The summed E-state index contributed by atoms with van der Waals surface area (Å²) in [5.41, 5.74) is 0. The zero-order valence-corrected chi connectivity index (χ0v) is 9.84. The molecule has 1 unspecified atom stereocenters. The van der Waals surface area contributed by atoms with E-state index in [1.165, 1.54) is 0 Å². The van der Waals surface area contributed by atoms with E-state index in [2.05, 4.69) is 0 Å². The van der Waals surface area contributed by atoms with E-state index in [4.69, 9.17) is 46.4 Å². The molecule has 0 aromatic rings. The highest BCUT2D eigenvalue weighted by atomic mass is 79.9. The molecule has 0 aromatic heterocycles. The van der Waals surface area contributed by atoms with Crippen molar-refractivity contribution in [1.29, 1.82) is 0 Å². The van der Waals surface area contributed by atoms with Gasteiger partial charge in [-0.1, -0.05) is 34.8 Å². The number of rotatable bonds is 3. The van der Waals surface area contributed by atoms with Crippen molar-refractivity contribution in [3.05, 3.63) is 0 Å². The molecule has 0 rings (SSSR count). The fourth-order valence-electron chi connectivity index (χ4n) is 0.291. The first-order chi connectivity index (χ1) is 5.06. The van der Waals surface area contributed by atoms with Crippen LogP contribution in [0.2, 0.25) is 0 Å². The fourth-order valence-corrected chi connectivity index (χ4v) is 1.41. The van der Waals surface area contributed by atoms with Crippen molar-refractivity contribution in [2.24, 2.45) is 0 Å². The lowest BCUT2D eigenvalue weighted by Crippen LogP contribution is -2.49. The largest absolute Gasteiger partial charge is 0.351 e. The molecule has 0 amide bonds. The molecule has 12 heavy (non-hydrogen) atoms. The van der Waals surface area contributed by atoms with Gasteiger partial charge in [0.15, 0.2) is 4.33 Å². The Morgan fingerprint density at radius 3 is 1.50 bits per heavy atom. The maximum Gasteiger partial charge on any atom is 0.351 e. The highest BCUT2D eigenvalue weighted by molar-refractivity contribution is 9.10.